The second kappa shape index (κ2) is 6.99. The fourth-order valence-corrected chi connectivity index (χ4v) is 2.50. The number of hydrogen-bond acceptors (Lipinski definition) is 2. The van der Waals surface area contributed by atoms with Crippen molar-refractivity contribution in [3.05, 3.63) is 54.4 Å². The van der Waals surface area contributed by atoms with Crippen LogP contribution in [0.3, 0.4) is 0 Å². The molecular weight excluding hydrogens is 405 g/mol. The van der Waals surface area contributed by atoms with Gasteiger partial charge in [0.2, 0.25) is 0 Å². The molecule has 3 aromatic rings. The molecule has 2 heterocycles. The second-order valence-electron chi connectivity index (χ2n) is 5.21. The number of ether oxygens (including phenoxy) is 1. The Hall–Kier alpha value is -2.09. The number of pyridine rings is 1. The number of halogens is 1. The third kappa shape index (κ3) is 3.47. The molecule has 1 amide bonds. The molecule has 6 heteroatoms. The molecule has 5 nitrogen and oxygen atoms in total. The van der Waals surface area contributed by atoms with E-state index in [4.69, 9.17) is 4.74 Å². The summed E-state index contributed by atoms with van der Waals surface area (Å²) in [7, 11) is 3.56. The minimum atomic E-state index is -0.473. The molecule has 120 valence electrons. The van der Waals surface area contributed by atoms with Gasteiger partial charge in [-0.2, -0.15) is 0 Å². The lowest BCUT2D eigenvalue weighted by atomic mass is 10.1. The SMILES string of the molecule is CNC(=O)Oc1cccc(-c2c[n+]3cc(C)ccc3n2C)c1.[I-]. The van der Waals surface area contributed by atoms with Crippen LogP contribution in [0.5, 0.6) is 5.75 Å². The molecule has 0 spiro atoms. The molecule has 0 radical (unpaired) electrons. The van der Waals surface area contributed by atoms with Gasteiger partial charge in [-0.15, -0.1) is 0 Å². The van der Waals surface area contributed by atoms with Crippen LogP contribution in [0.1, 0.15) is 5.56 Å². The average molecular weight is 423 g/mol. The zero-order valence-electron chi connectivity index (χ0n) is 13.2. The highest BCUT2D eigenvalue weighted by atomic mass is 127. The third-order valence-electron chi connectivity index (χ3n) is 3.61. The Labute approximate surface area is 151 Å². The predicted molar refractivity (Wildman–Crippen MR) is 83.8 cm³/mol. The Morgan fingerprint density at radius 3 is 2.74 bits per heavy atom. The maximum atomic E-state index is 11.3. The van der Waals surface area contributed by atoms with Crippen LogP contribution < -0.4 is 38.4 Å². The predicted octanol–water partition coefficient (Wildman–Crippen LogP) is -0.539. The van der Waals surface area contributed by atoms with E-state index in [1.807, 2.05) is 25.2 Å². The number of rotatable bonds is 2. The number of nitrogens with one attached hydrogen (secondary N) is 1. The van der Waals surface area contributed by atoms with E-state index < -0.39 is 6.09 Å². The van der Waals surface area contributed by atoms with Gasteiger partial charge in [0.05, 0.1) is 13.2 Å². The summed E-state index contributed by atoms with van der Waals surface area (Å²) < 4.78 is 9.40. The molecular formula is C17H18IN3O2. The number of hydrogen-bond donors (Lipinski definition) is 1. The van der Waals surface area contributed by atoms with Gasteiger partial charge in [-0.1, -0.05) is 12.1 Å². The van der Waals surface area contributed by atoms with Gasteiger partial charge in [-0.3, -0.25) is 0 Å². The molecule has 0 aliphatic carbocycles. The Bertz CT molecular complexity index is 858. The maximum Gasteiger partial charge on any atom is 0.412 e. The molecule has 0 saturated heterocycles. The average Bonchev–Trinajstić information content (AvgIpc) is 2.83. The van der Waals surface area contributed by atoms with Crippen molar-refractivity contribution in [3.63, 3.8) is 0 Å². The van der Waals surface area contributed by atoms with E-state index in [1.54, 1.807) is 6.07 Å². The molecule has 1 N–H and O–H groups in total. The first-order valence-electron chi connectivity index (χ1n) is 7.06. The van der Waals surface area contributed by atoms with Crippen molar-refractivity contribution in [3.8, 4) is 17.0 Å². The second-order valence-corrected chi connectivity index (χ2v) is 5.21. The largest absolute Gasteiger partial charge is 1.00 e. The summed E-state index contributed by atoms with van der Waals surface area (Å²) in [6.45, 7) is 2.07. The molecule has 3 rings (SSSR count). The molecule has 0 bridgehead atoms. The van der Waals surface area contributed by atoms with Crippen molar-refractivity contribution in [2.75, 3.05) is 7.05 Å². The molecule has 0 aliphatic rings. The highest BCUT2D eigenvalue weighted by Gasteiger charge is 2.16. The van der Waals surface area contributed by atoms with Gasteiger partial charge in [0.1, 0.15) is 11.9 Å². The minimum absolute atomic E-state index is 0. The molecule has 2 aromatic heterocycles. The fraction of sp³-hybridized carbons (Fsp3) is 0.176. The lowest BCUT2D eigenvalue weighted by molar-refractivity contribution is -0.510. The van der Waals surface area contributed by atoms with E-state index in [9.17, 15) is 4.79 Å². The van der Waals surface area contributed by atoms with Gasteiger partial charge in [0, 0.05) is 18.7 Å². The Morgan fingerprint density at radius 2 is 2.00 bits per heavy atom. The highest BCUT2D eigenvalue weighted by molar-refractivity contribution is 5.71. The lowest BCUT2D eigenvalue weighted by Crippen LogP contribution is -3.00. The zero-order chi connectivity index (χ0) is 15.7. The zero-order valence-corrected chi connectivity index (χ0v) is 15.4. The molecule has 1 aromatic carbocycles. The highest BCUT2D eigenvalue weighted by Crippen LogP contribution is 2.24. The molecule has 23 heavy (non-hydrogen) atoms. The topological polar surface area (TPSA) is 47.4 Å². The van der Waals surface area contributed by atoms with E-state index in [1.165, 1.54) is 12.6 Å². The van der Waals surface area contributed by atoms with Crippen LogP contribution in [0.25, 0.3) is 16.9 Å². The van der Waals surface area contributed by atoms with E-state index in [-0.39, 0.29) is 24.0 Å². The van der Waals surface area contributed by atoms with E-state index in [2.05, 4.69) is 45.7 Å². The van der Waals surface area contributed by atoms with Gasteiger partial charge >= 0.3 is 6.09 Å². The summed E-state index contributed by atoms with van der Waals surface area (Å²) in [5.41, 5.74) is 4.34. The monoisotopic (exact) mass is 423 g/mol. The molecule has 0 atom stereocenters. The van der Waals surface area contributed by atoms with Crippen LogP contribution in [0.4, 0.5) is 4.79 Å². The summed E-state index contributed by atoms with van der Waals surface area (Å²) in [6.07, 6.45) is 3.68. The number of carbonyl (C=O) groups excluding carboxylic acids is 1. The number of amides is 1. The van der Waals surface area contributed by atoms with Crippen LogP contribution >= 0.6 is 0 Å². The molecule has 0 fully saturated rings. The van der Waals surface area contributed by atoms with Crippen LogP contribution in [0, 0.1) is 6.92 Å². The lowest BCUT2D eigenvalue weighted by Gasteiger charge is -2.04. The van der Waals surface area contributed by atoms with E-state index >= 15 is 0 Å². The Balaban J connectivity index is 0.00000192. The van der Waals surface area contributed by atoms with Crippen molar-refractivity contribution < 1.29 is 37.9 Å². The number of benzene rings is 1. The number of carbonyl (C=O) groups is 1. The third-order valence-corrected chi connectivity index (χ3v) is 3.61. The fourth-order valence-electron chi connectivity index (χ4n) is 2.50. The van der Waals surface area contributed by atoms with Crippen LogP contribution in [0.15, 0.2) is 48.8 Å². The van der Waals surface area contributed by atoms with Gasteiger partial charge < -0.3 is 34.0 Å². The van der Waals surface area contributed by atoms with Gasteiger partial charge in [0.25, 0.3) is 5.65 Å². The Kier molecular flexibility index (Phi) is 5.25. The van der Waals surface area contributed by atoms with Crippen LogP contribution in [0.2, 0.25) is 0 Å². The standard InChI is InChI=1S/C17H17N3O2.HI/c1-12-7-8-16-19(3)15(11-20(16)10-12)13-5-4-6-14(9-13)22-17(21)18-2;/h4-11H,1-3H3;1H. The number of aryl methyl sites for hydroxylation is 2. The Morgan fingerprint density at radius 1 is 1.22 bits per heavy atom. The molecule has 0 saturated carbocycles. The smallest absolute Gasteiger partial charge is 0.412 e. The summed E-state index contributed by atoms with van der Waals surface area (Å²) in [5, 5.41) is 2.44. The van der Waals surface area contributed by atoms with Crippen molar-refractivity contribution >= 4 is 11.7 Å². The van der Waals surface area contributed by atoms with Gasteiger partial charge in [0.15, 0.2) is 5.69 Å². The van der Waals surface area contributed by atoms with Gasteiger partial charge in [-0.25, -0.2) is 13.8 Å². The first kappa shape index (κ1) is 17.3. The summed E-state index contributed by atoms with van der Waals surface area (Å²) in [5.74, 6) is 0.517. The number of nitrogens with zero attached hydrogens (tertiary/aromatic N) is 2. The van der Waals surface area contributed by atoms with E-state index in [0.29, 0.717) is 5.75 Å². The van der Waals surface area contributed by atoms with Crippen LogP contribution in [-0.2, 0) is 7.05 Å². The number of aromatic nitrogens is 2. The maximum absolute atomic E-state index is 11.3. The molecule has 0 aliphatic heterocycles. The number of imidazole rings is 1. The minimum Gasteiger partial charge on any atom is -1.00 e. The van der Waals surface area contributed by atoms with Gasteiger partial charge in [-0.05, 0) is 30.7 Å². The summed E-state index contributed by atoms with van der Waals surface area (Å²) in [6, 6.07) is 11.7. The summed E-state index contributed by atoms with van der Waals surface area (Å²) in [4.78, 5) is 11.3. The normalized spacial score (nSPS) is 10.2. The van der Waals surface area contributed by atoms with Crippen LogP contribution in [-0.4, -0.2) is 17.7 Å². The quantitative estimate of drug-likeness (QED) is 0.445. The van der Waals surface area contributed by atoms with Crippen molar-refractivity contribution in [2.45, 2.75) is 6.92 Å². The first-order chi connectivity index (χ1) is 10.6. The summed E-state index contributed by atoms with van der Waals surface area (Å²) >= 11 is 0. The van der Waals surface area contributed by atoms with Crippen molar-refractivity contribution in [1.29, 1.82) is 0 Å². The van der Waals surface area contributed by atoms with E-state index in [0.717, 1.165) is 16.9 Å². The van der Waals surface area contributed by atoms with Crippen molar-refractivity contribution in [1.82, 2.24) is 9.88 Å². The number of fused-ring (bicyclic) bond motifs is 1. The van der Waals surface area contributed by atoms with Crippen molar-refractivity contribution in [2.24, 2.45) is 7.05 Å². The first-order valence-corrected chi connectivity index (χ1v) is 7.06. The molecule has 0 unspecified atom stereocenters.